The number of hydrogen-bond donors (Lipinski definition) is 2. The first kappa shape index (κ1) is 44.1. The number of hydrogen-bond acceptors (Lipinski definition) is 8. The lowest BCUT2D eigenvalue weighted by Crippen LogP contribution is -2.16. The standard InChI is InChI=1S/C44H42N8.C10H14O3S/c1-48-19-11-30(12-20-48)41-39-10-9-36(47-39)28-35-6-5-33(45-35)27-34-7-8-37(46-34)29-40-42(31-13-21-49(2)22-14-31)43(32-15-23-50(3)24-16-32)44(41)52(40)38-17-25-51(4)26-18-38;1-6-5-10(14(11,12)13)9(4)8(3)7(6)2/h5-19,21,23,25,27-29,45H,20,22,24,26H2,1-4H3;5H,1-4H3,(H,11,12,13). The summed E-state index contributed by atoms with van der Waals surface area (Å²) in [4.78, 5) is 22.9. The van der Waals surface area contributed by atoms with Gasteiger partial charge in [0.05, 0.1) is 38.7 Å². The summed E-state index contributed by atoms with van der Waals surface area (Å²) in [5.41, 5.74) is 19.5. The zero-order valence-corrected chi connectivity index (χ0v) is 39.6. The second kappa shape index (κ2) is 17.7. The summed E-state index contributed by atoms with van der Waals surface area (Å²) in [6.07, 6.45) is 35.7. The molecule has 0 atom stereocenters. The van der Waals surface area contributed by atoms with Crippen LogP contribution in [0.1, 0.15) is 61.7 Å². The van der Waals surface area contributed by atoms with Gasteiger partial charge in [-0.15, -0.1) is 0 Å². The highest BCUT2D eigenvalue weighted by molar-refractivity contribution is 7.85. The van der Waals surface area contributed by atoms with Crippen molar-refractivity contribution in [2.45, 2.75) is 32.6 Å². The molecule has 4 aromatic rings. The van der Waals surface area contributed by atoms with E-state index >= 15 is 0 Å². The molecule has 66 heavy (non-hydrogen) atoms. The van der Waals surface area contributed by atoms with Crippen molar-refractivity contribution >= 4 is 78.9 Å². The molecule has 0 saturated heterocycles. The molecule has 6 aliphatic heterocycles. The zero-order valence-electron chi connectivity index (χ0n) is 38.8. The van der Waals surface area contributed by atoms with Gasteiger partial charge in [-0.3, -0.25) is 4.55 Å². The molecule has 11 nitrogen and oxygen atoms in total. The van der Waals surface area contributed by atoms with Crippen molar-refractivity contribution in [3.05, 3.63) is 172 Å². The van der Waals surface area contributed by atoms with Gasteiger partial charge in [0, 0.05) is 94.0 Å². The molecule has 0 saturated carbocycles. The van der Waals surface area contributed by atoms with Crippen LogP contribution in [0.2, 0.25) is 0 Å². The van der Waals surface area contributed by atoms with Gasteiger partial charge in [0.1, 0.15) is 0 Å². The number of likely N-dealkylation sites (N-methyl/N-ethyl adjacent to an activating group) is 4. The number of aromatic nitrogens is 4. The highest BCUT2D eigenvalue weighted by atomic mass is 32.2. The van der Waals surface area contributed by atoms with Gasteiger partial charge < -0.3 is 29.2 Å². The SMILES string of the molecule is CN1C=CC(c2c(C3=CCN(C)C=C3)c3c(C4=CCN(C)C=C4)c4nc(cc5ccc(cc6nc(cc2n3C2=CCN(C)C=C2)C=C6)[nH]5)C=C4)=CC1.Cc1cc(S(=O)(=O)O)c(C)c(C)c1C. The quantitative estimate of drug-likeness (QED) is 0.163. The normalized spacial score (nSPS) is 16.6. The second-order valence-electron chi connectivity index (χ2n) is 17.7. The molecule has 2 N–H and O–H groups in total. The molecule has 0 amide bonds. The summed E-state index contributed by atoms with van der Waals surface area (Å²) in [6, 6.07) is 12.2. The third-order valence-electron chi connectivity index (χ3n) is 12.9. The van der Waals surface area contributed by atoms with E-state index in [1.165, 1.54) is 28.3 Å². The maximum atomic E-state index is 11.0. The van der Waals surface area contributed by atoms with E-state index in [-0.39, 0.29) is 4.90 Å². The fourth-order valence-electron chi connectivity index (χ4n) is 8.89. The first-order valence-electron chi connectivity index (χ1n) is 22.2. The topological polar surface area (TPSA) is 114 Å². The van der Waals surface area contributed by atoms with Crippen LogP contribution in [0.25, 0.3) is 68.8 Å². The number of H-pyrrole nitrogens is 1. The van der Waals surface area contributed by atoms with Crippen LogP contribution in [0.4, 0.5) is 0 Å². The molecular weight excluding hydrogens is 841 g/mol. The van der Waals surface area contributed by atoms with Crippen LogP contribution in [-0.4, -0.2) is 106 Å². The average molecular weight is 897 g/mol. The van der Waals surface area contributed by atoms with E-state index in [2.05, 4.69) is 185 Å². The summed E-state index contributed by atoms with van der Waals surface area (Å²) in [7, 11) is 4.38. The van der Waals surface area contributed by atoms with Crippen LogP contribution in [0, 0.1) is 27.7 Å². The number of benzene rings is 1. The molecular formula is C54H56N8O3S. The number of allylic oxidation sites excluding steroid dienone is 8. The zero-order chi connectivity index (χ0) is 46.4. The van der Waals surface area contributed by atoms with Crippen LogP contribution in [-0.2, 0) is 10.1 Å². The molecule has 9 heterocycles. The van der Waals surface area contributed by atoms with Crippen molar-refractivity contribution in [2.75, 3.05) is 54.4 Å². The lowest BCUT2D eigenvalue weighted by molar-refractivity contribution is 0.482. The number of aryl methyl sites for hydroxylation is 1. The predicted octanol–water partition coefficient (Wildman–Crippen LogP) is 10.1. The minimum absolute atomic E-state index is 0.0121. The lowest BCUT2D eigenvalue weighted by atomic mass is 9.90. The van der Waals surface area contributed by atoms with Crippen LogP contribution >= 0.6 is 0 Å². The molecule has 0 unspecified atom stereocenters. The number of nitrogens with zero attached hydrogens (tertiary/aromatic N) is 7. The van der Waals surface area contributed by atoms with E-state index in [0.29, 0.717) is 5.56 Å². The van der Waals surface area contributed by atoms with Crippen molar-refractivity contribution < 1.29 is 13.0 Å². The monoisotopic (exact) mass is 896 g/mol. The maximum Gasteiger partial charge on any atom is 0.294 e. The fourth-order valence-corrected chi connectivity index (χ4v) is 9.76. The predicted molar refractivity (Wildman–Crippen MR) is 273 cm³/mol. The summed E-state index contributed by atoms with van der Waals surface area (Å²) in [5, 5.41) is 0. The van der Waals surface area contributed by atoms with Gasteiger partial charge >= 0.3 is 0 Å². The van der Waals surface area contributed by atoms with Gasteiger partial charge in [-0.2, -0.15) is 8.42 Å². The first-order valence-corrected chi connectivity index (χ1v) is 23.6. The largest absolute Gasteiger partial charge is 0.377 e. The van der Waals surface area contributed by atoms with E-state index in [0.717, 1.165) is 105 Å². The molecule has 0 spiro atoms. The van der Waals surface area contributed by atoms with Gasteiger partial charge in [0.15, 0.2) is 0 Å². The van der Waals surface area contributed by atoms with Crippen LogP contribution < -0.4 is 0 Å². The van der Waals surface area contributed by atoms with Crippen LogP contribution in [0.3, 0.4) is 0 Å². The maximum absolute atomic E-state index is 11.0. The Morgan fingerprint density at radius 1 is 0.545 bits per heavy atom. The Bertz CT molecular complexity index is 3290. The Morgan fingerprint density at radius 3 is 1.58 bits per heavy atom. The number of aromatic amines is 1. The van der Waals surface area contributed by atoms with Crippen molar-refractivity contribution in [3.63, 3.8) is 0 Å². The Balaban J connectivity index is 0.000000337. The summed E-state index contributed by atoms with van der Waals surface area (Å²) in [6.45, 7) is 10.6. The van der Waals surface area contributed by atoms with E-state index in [1.807, 2.05) is 20.8 Å². The van der Waals surface area contributed by atoms with Crippen molar-refractivity contribution in [1.82, 2.24) is 39.1 Å². The molecule has 6 aliphatic rings. The molecule has 0 fully saturated rings. The number of nitrogens with one attached hydrogen (secondary N) is 1. The third-order valence-corrected chi connectivity index (χ3v) is 13.9. The fraction of sp³-hybridized carbons (Fsp3) is 0.222. The van der Waals surface area contributed by atoms with Gasteiger partial charge in [-0.25, -0.2) is 9.97 Å². The van der Waals surface area contributed by atoms with Gasteiger partial charge in [-0.05, 0) is 176 Å². The van der Waals surface area contributed by atoms with Crippen LogP contribution in [0.5, 0.6) is 0 Å². The summed E-state index contributed by atoms with van der Waals surface area (Å²) in [5.74, 6) is 0. The third kappa shape index (κ3) is 8.81. The number of fused-ring (bicyclic) bond motifs is 8. The van der Waals surface area contributed by atoms with Crippen molar-refractivity contribution in [3.8, 4) is 0 Å². The van der Waals surface area contributed by atoms with Crippen LogP contribution in [0.15, 0.2) is 115 Å². The molecule has 3 aromatic heterocycles. The minimum Gasteiger partial charge on any atom is -0.377 e. The molecule has 0 radical (unpaired) electrons. The molecule has 336 valence electrons. The summed E-state index contributed by atoms with van der Waals surface area (Å²) >= 11 is 0. The highest BCUT2D eigenvalue weighted by Crippen LogP contribution is 2.44. The van der Waals surface area contributed by atoms with E-state index in [1.54, 1.807) is 6.92 Å². The van der Waals surface area contributed by atoms with Gasteiger partial charge in [0.25, 0.3) is 10.1 Å². The van der Waals surface area contributed by atoms with Gasteiger partial charge in [-0.1, -0.05) is 18.2 Å². The Labute approximate surface area is 387 Å². The molecule has 10 rings (SSSR count). The first-order chi connectivity index (χ1) is 31.6. The second-order valence-corrected chi connectivity index (χ2v) is 19.1. The molecule has 8 bridgehead atoms. The highest BCUT2D eigenvalue weighted by Gasteiger charge is 2.28. The lowest BCUT2D eigenvalue weighted by Gasteiger charge is -2.22. The van der Waals surface area contributed by atoms with Crippen molar-refractivity contribution in [2.24, 2.45) is 0 Å². The van der Waals surface area contributed by atoms with Gasteiger partial charge in [0.2, 0.25) is 0 Å². The van der Waals surface area contributed by atoms with E-state index in [4.69, 9.17) is 14.5 Å². The Kier molecular flexibility index (Phi) is 11.8. The Morgan fingerprint density at radius 2 is 1.05 bits per heavy atom. The molecule has 0 aliphatic carbocycles. The average Bonchev–Trinajstić information content (AvgIpc) is 4.11. The smallest absolute Gasteiger partial charge is 0.294 e. The molecule has 1 aromatic carbocycles. The number of rotatable bonds is 5. The molecule has 12 heteroatoms. The van der Waals surface area contributed by atoms with E-state index < -0.39 is 10.1 Å². The Hall–Kier alpha value is -7.15. The van der Waals surface area contributed by atoms with E-state index in [9.17, 15) is 8.42 Å². The summed E-state index contributed by atoms with van der Waals surface area (Å²) < 4.78 is 33.5. The minimum atomic E-state index is -4.10. The van der Waals surface area contributed by atoms with Crippen molar-refractivity contribution in [1.29, 1.82) is 0 Å².